The van der Waals surface area contributed by atoms with Crippen molar-refractivity contribution < 1.29 is 9.90 Å². The summed E-state index contributed by atoms with van der Waals surface area (Å²) >= 11 is 0. The average molecular weight is 290 g/mol. The molecule has 1 aliphatic heterocycles. The predicted molar refractivity (Wildman–Crippen MR) is 83.9 cm³/mol. The molecule has 1 N–H and O–H groups in total. The second-order valence-corrected chi connectivity index (χ2v) is 6.16. The zero-order chi connectivity index (χ0) is 15.4. The zero-order valence-electron chi connectivity index (χ0n) is 13.2. The first-order valence-corrected chi connectivity index (χ1v) is 7.66. The quantitative estimate of drug-likeness (QED) is 0.897. The Hall–Kier alpha value is -1.39. The summed E-state index contributed by atoms with van der Waals surface area (Å²) < 4.78 is 0. The van der Waals surface area contributed by atoms with E-state index in [9.17, 15) is 9.90 Å². The van der Waals surface area contributed by atoms with Gasteiger partial charge in [-0.3, -0.25) is 9.69 Å². The Balaban J connectivity index is 1.93. The van der Waals surface area contributed by atoms with Crippen LogP contribution in [0.3, 0.4) is 0 Å². The third-order valence-electron chi connectivity index (χ3n) is 4.62. The normalized spacial score (nSPS) is 22.5. The van der Waals surface area contributed by atoms with Crippen molar-refractivity contribution in [3.8, 4) is 0 Å². The van der Waals surface area contributed by atoms with Crippen LogP contribution >= 0.6 is 0 Å². The summed E-state index contributed by atoms with van der Waals surface area (Å²) in [6, 6.07) is 8.27. The first-order chi connectivity index (χ1) is 10.0. The second-order valence-electron chi connectivity index (χ2n) is 6.16. The lowest BCUT2D eigenvalue weighted by molar-refractivity contribution is -0.132. The minimum Gasteiger partial charge on any atom is -0.395 e. The number of benzene rings is 1. The number of likely N-dealkylation sites (N-methyl/N-ethyl adjacent to an activating group) is 1. The predicted octanol–water partition coefficient (Wildman–Crippen LogP) is 1.66. The van der Waals surface area contributed by atoms with Crippen molar-refractivity contribution in [1.29, 1.82) is 0 Å². The Morgan fingerprint density at radius 1 is 1.43 bits per heavy atom. The van der Waals surface area contributed by atoms with E-state index in [1.165, 1.54) is 11.1 Å². The highest BCUT2D eigenvalue weighted by Crippen LogP contribution is 2.23. The minimum absolute atomic E-state index is 0.116. The van der Waals surface area contributed by atoms with Crippen LogP contribution in [0.4, 0.5) is 0 Å². The molecule has 0 aromatic heterocycles. The summed E-state index contributed by atoms with van der Waals surface area (Å²) in [7, 11) is 1.85. The maximum atomic E-state index is 12.4. The number of carbonyl (C=O) groups excluding carboxylic acids is 1. The van der Waals surface area contributed by atoms with Crippen molar-refractivity contribution in [3.63, 3.8) is 0 Å². The summed E-state index contributed by atoms with van der Waals surface area (Å²) in [5.41, 5.74) is 2.39. The first-order valence-electron chi connectivity index (χ1n) is 7.66. The van der Waals surface area contributed by atoms with Gasteiger partial charge in [0.05, 0.1) is 13.2 Å². The van der Waals surface area contributed by atoms with Gasteiger partial charge in [-0.2, -0.15) is 0 Å². The Bertz CT molecular complexity index is 489. The lowest BCUT2D eigenvalue weighted by atomic mass is 10.0. The molecular weight excluding hydrogens is 264 g/mol. The van der Waals surface area contributed by atoms with Crippen LogP contribution in [0, 0.1) is 12.8 Å². The lowest BCUT2D eigenvalue weighted by Gasteiger charge is -2.27. The van der Waals surface area contributed by atoms with Crippen LogP contribution in [0.15, 0.2) is 24.3 Å². The summed E-state index contributed by atoms with van der Waals surface area (Å²) in [4.78, 5) is 16.3. The molecule has 2 atom stereocenters. The van der Waals surface area contributed by atoms with Crippen molar-refractivity contribution in [2.75, 3.05) is 26.7 Å². The number of carbonyl (C=O) groups is 1. The van der Waals surface area contributed by atoms with Crippen LogP contribution in [0.1, 0.15) is 24.5 Å². The summed E-state index contributed by atoms with van der Waals surface area (Å²) in [6.07, 6.45) is 1.06. The van der Waals surface area contributed by atoms with E-state index in [1.807, 2.05) is 19.2 Å². The van der Waals surface area contributed by atoms with Gasteiger partial charge in [0.15, 0.2) is 0 Å². The fourth-order valence-electron chi connectivity index (χ4n) is 3.00. The second kappa shape index (κ2) is 7.05. The van der Waals surface area contributed by atoms with Crippen LogP contribution in [-0.2, 0) is 11.3 Å². The van der Waals surface area contributed by atoms with Gasteiger partial charge in [-0.15, -0.1) is 0 Å². The zero-order valence-corrected chi connectivity index (χ0v) is 13.2. The largest absolute Gasteiger partial charge is 0.395 e. The van der Waals surface area contributed by atoms with Gasteiger partial charge in [-0.25, -0.2) is 0 Å². The standard InChI is InChI=1S/C17H26N2O2/c1-13-6-4-5-7-15(13)10-18(3)17(21)11-19-9-8-14(2)16(19)12-20/h4-7,14,16,20H,8-12H2,1-3H3. The van der Waals surface area contributed by atoms with E-state index in [0.717, 1.165) is 13.0 Å². The molecule has 0 bridgehead atoms. The molecule has 1 aromatic rings. The molecule has 2 unspecified atom stereocenters. The van der Waals surface area contributed by atoms with E-state index in [2.05, 4.69) is 30.9 Å². The number of aliphatic hydroxyl groups is 1. The molecule has 1 saturated heterocycles. The van der Waals surface area contributed by atoms with Crippen LogP contribution in [-0.4, -0.2) is 53.6 Å². The van der Waals surface area contributed by atoms with Gasteiger partial charge in [-0.05, 0) is 36.9 Å². The highest BCUT2D eigenvalue weighted by molar-refractivity contribution is 5.78. The maximum absolute atomic E-state index is 12.4. The molecule has 1 aromatic carbocycles. The smallest absolute Gasteiger partial charge is 0.236 e. The van der Waals surface area contributed by atoms with Crippen LogP contribution in [0.2, 0.25) is 0 Å². The van der Waals surface area contributed by atoms with Gasteiger partial charge in [0.2, 0.25) is 5.91 Å². The van der Waals surface area contributed by atoms with Crippen molar-refractivity contribution in [2.24, 2.45) is 5.92 Å². The molecule has 0 aliphatic carbocycles. The van der Waals surface area contributed by atoms with Gasteiger partial charge < -0.3 is 10.0 Å². The molecule has 116 valence electrons. The summed E-state index contributed by atoms with van der Waals surface area (Å²) in [6.45, 7) is 6.28. The topological polar surface area (TPSA) is 43.8 Å². The SMILES string of the molecule is Cc1ccccc1CN(C)C(=O)CN1CCC(C)C1CO. The lowest BCUT2D eigenvalue weighted by Crippen LogP contribution is -2.43. The first kappa shape index (κ1) is 16.0. The molecule has 4 nitrogen and oxygen atoms in total. The third-order valence-corrected chi connectivity index (χ3v) is 4.62. The molecule has 1 fully saturated rings. The van der Waals surface area contributed by atoms with Crippen molar-refractivity contribution in [1.82, 2.24) is 9.80 Å². The van der Waals surface area contributed by atoms with Gasteiger partial charge in [-0.1, -0.05) is 31.2 Å². The van der Waals surface area contributed by atoms with E-state index in [4.69, 9.17) is 0 Å². The fraction of sp³-hybridized carbons (Fsp3) is 0.588. The number of nitrogens with zero attached hydrogens (tertiary/aromatic N) is 2. The molecule has 1 amide bonds. The number of hydrogen-bond donors (Lipinski definition) is 1. The summed E-state index contributed by atoms with van der Waals surface area (Å²) in [5, 5.41) is 9.46. The Morgan fingerprint density at radius 2 is 2.14 bits per heavy atom. The van der Waals surface area contributed by atoms with Gasteiger partial charge in [0, 0.05) is 19.6 Å². The van der Waals surface area contributed by atoms with Crippen LogP contribution in [0.5, 0.6) is 0 Å². The number of aliphatic hydroxyl groups excluding tert-OH is 1. The molecule has 0 radical (unpaired) electrons. The highest BCUT2D eigenvalue weighted by Gasteiger charge is 2.32. The molecule has 4 heteroatoms. The van der Waals surface area contributed by atoms with Crippen molar-refractivity contribution in [3.05, 3.63) is 35.4 Å². The van der Waals surface area contributed by atoms with E-state index in [-0.39, 0.29) is 18.6 Å². The van der Waals surface area contributed by atoms with E-state index < -0.39 is 0 Å². The molecule has 2 rings (SSSR count). The van der Waals surface area contributed by atoms with Crippen LogP contribution in [0.25, 0.3) is 0 Å². The van der Waals surface area contributed by atoms with Gasteiger partial charge in [0.1, 0.15) is 0 Å². The van der Waals surface area contributed by atoms with Gasteiger partial charge in [0.25, 0.3) is 0 Å². The Kier molecular flexibility index (Phi) is 5.37. The number of hydrogen-bond acceptors (Lipinski definition) is 3. The number of aryl methyl sites for hydroxylation is 1. The Morgan fingerprint density at radius 3 is 2.81 bits per heavy atom. The van der Waals surface area contributed by atoms with E-state index in [1.54, 1.807) is 4.90 Å². The maximum Gasteiger partial charge on any atom is 0.236 e. The number of likely N-dealkylation sites (tertiary alicyclic amines) is 1. The monoisotopic (exact) mass is 290 g/mol. The molecule has 21 heavy (non-hydrogen) atoms. The number of amides is 1. The number of rotatable bonds is 5. The molecular formula is C17H26N2O2. The van der Waals surface area contributed by atoms with Crippen molar-refractivity contribution in [2.45, 2.75) is 32.9 Å². The molecule has 0 spiro atoms. The highest BCUT2D eigenvalue weighted by atomic mass is 16.3. The van der Waals surface area contributed by atoms with Gasteiger partial charge >= 0.3 is 0 Å². The fourth-order valence-corrected chi connectivity index (χ4v) is 3.00. The third kappa shape index (κ3) is 3.83. The average Bonchev–Trinajstić information content (AvgIpc) is 2.81. The van der Waals surface area contributed by atoms with Crippen molar-refractivity contribution >= 4 is 5.91 Å². The van der Waals surface area contributed by atoms with Crippen LogP contribution < -0.4 is 0 Å². The molecule has 0 saturated carbocycles. The van der Waals surface area contributed by atoms with E-state index >= 15 is 0 Å². The molecule has 1 heterocycles. The minimum atomic E-state index is 0.116. The molecule has 1 aliphatic rings. The van der Waals surface area contributed by atoms with E-state index in [0.29, 0.717) is 19.0 Å². The summed E-state index contributed by atoms with van der Waals surface area (Å²) in [5.74, 6) is 0.579. The Labute approximate surface area is 127 Å².